The average Bonchev–Trinajstić information content (AvgIpc) is 2.64. The summed E-state index contributed by atoms with van der Waals surface area (Å²) < 4.78 is 71.8. The molecule has 0 aliphatic heterocycles. The van der Waals surface area contributed by atoms with Gasteiger partial charge >= 0.3 is 11.8 Å². The van der Waals surface area contributed by atoms with Gasteiger partial charge in [-0.25, -0.2) is 13.2 Å². The Bertz CT molecular complexity index is 1200. The van der Waals surface area contributed by atoms with E-state index in [1.54, 1.807) is 12.1 Å². The second-order valence-corrected chi connectivity index (χ2v) is 8.89. The molecule has 3 aromatic rings. The van der Waals surface area contributed by atoms with Crippen molar-refractivity contribution in [2.75, 3.05) is 16.2 Å². The Morgan fingerprint density at radius 3 is 2.31 bits per heavy atom. The van der Waals surface area contributed by atoms with Crippen molar-refractivity contribution in [3.05, 3.63) is 70.1 Å². The first kappa shape index (κ1) is 21.4. The molecule has 1 heterocycles. The Kier molecular flexibility index (Phi) is 5.77. The maximum Gasteiger partial charge on any atom is 0.417 e. The summed E-state index contributed by atoms with van der Waals surface area (Å²) in [6, 6.07) is 10.1. The van der Waals surface area contributed by atoms with Gasteiger partial charge in [-0.2, -0.15) is 13.2 Å². The summed E-state index contributed by atoms with van der Waals surface area (Å²) >= 11 is 3.19. The number of hydrogen-bond donors (Lipinski definition) is 0. The maximum absolute atomic E-state index is 13.2. The highest BCUT2D eigenvalue weighted by Crippen LogP contribution is 2.35. The SMILES string of the molecule is Cc1ccc(S(=O)(=O)N(CCBr)c2ccc3c(C(F)(F)F)cc(=O)oc3c2)cc1. The lowest BCUT2D eigenvalue weighted by Gasteiger charge is -2.24. The molecule has 0 amide bonds. The number of benzene rings is 2. The van der Waals surface area contributed by atoms with Gasteiger partial charge in [-0.15, -0.1) is 0 Å². The molecule has 0 spiro atoms. The Labute approximate surface area is 172 Å². The first-order chi connectivity index (χ1) is 13.5. The van der Waals surface area contributed by atoms with Crippen LogP contribution in [0.5, 0.6) is 0 Å². The van der Waals surface area contributed by atoms with Crippen LogP contribution in [0.3, 0.4) is 0 Å². The fraction of sp³-hybridized carbons (Fsp3) is 0.211. The zero-order chi connectivity index (χ0) is 21.4. The first-order valence-electron chi connectivity index (χ1n) is 8.34. The summed E-state index contributed by atoms with van der Waals surface area (Å²) in [7, 11) is -3.99. The molecule has 0 bridgehead atoms. The van der Waals surface area contributed by atoms with Crippen LogP contribution in [0.4, 0.5) is 18.9 Å². The Morgan fingerprint density at radius 1 is 1.07 bits per heavy atom. The lowest BCUT2D eigenvalue weighted by Crippen LogP contribution is -2.32. The smallest absolute Gasteiger partial charge is 0.417 e. The van der Waals surface area contributed by atoms with Crippen LogP contribution in [0, 0.1) is 6.92 Å². The average molecular weight is 490 g/mol. The Morgan fingerprint density at radius 2 is 1.72 bits per heavy atom. The molecule has 0 saturated heterocycles. The van der Waals surface area contributed by atoms with E-state index >= 15 is 0 Å². The minimum Gasteiger partial charge on any atom is -0.423 e. The number of aryl methyl sites for hydroxylation is 1. The molecule has 0 fully saturated rings. The molecule has 5 nitrogen and oxygen atoms in total. The van der Waals surface area contributed by atoms with Gasteiger partial charge < -0.3 is 4.42 Å². The molecule has 0 aliphatic rings. The zero-order valence-electron chi connectivity index (χ0n) is 15.0. The highest BCUT2D eigenvalue weighted by Gasteiger charge is 2.34. The molecule has 1 aromatic heterocycles. The van der Waals surface area contributed by atoms with Crippen LogP contribution in [0.15, 0.2) is 62.6 Å². The maximum atomic E-state index is 13.2. The predicted molar refractivity (Wildman–Crippen MR) is 107 cm³/mol. The number of rotatable bonds is 5. The summed E-state index contributed by atoms with van der Waals surface area (Å²) in [6.45, 7) is 1.83. The topological polar surface area (TPSA) is 67.6 Å². The predicted octanol–water partition coefficient (Wildman–Crippen LogP) is 4.71. The second kappa shape index (κ2) is 7.83. The van der Waals surface area contributed by atoms with E-state index in [1.165, 1.54) is 18.2 Å². The van der Waals surface area contributed by atoms with E-state index in [9.17, 15) is 26.4 Å². The fourth-order valence-electron chi connectivity index (χ4n) is 2.84. The van der Waals surface area contributed by atoms with Crippen LogP contribution in [0.2, 0.25) is 0 Å². The number of fused-ring (bicyclic) bond motifs is 1. The third-order valence-corrected chi connectivity index (χ3v) is 6.41. The van der Waals surface area contributed by atoms with Crippen molar-refractivity contribution < 1.29 is 26.0 Å². The molecule has 10 heteroatoms. The summed E-state index contributed by atoms with van der Waals surface area (Å²) in [5.41, 5.74) is -1.69. The molecule has 0 atom stereocenters. The lowest BCUT2D eigenvalue weighted by molar-refractivity contribution is -0.136. The molecule has 29 heavy (non-hydrogen) atoms. The summed E-state index contributed by atoms with van der Waals surface area (Å²) in [6.07, 6.45) is -4.75. The van der Waals surface area contributed by atoms with Gasteiger partial charge in [0.25, 0.3) is 10.0 Å². The van der Waals surface area contributed by atoms with Gasteiger partial charge in [-0.3, -0.25) is 4.31 Å². The molecule has 2 aromatic carbocycles. The van der Waals surface area contributed by atoms with E-state index in [-0.39, 0.29) is 33.4 Å². The highest BCUT2D eigenvalue weighted by molar-refractivity contribution is 9.09. The van der Waals surface area contributed by atoms with Crippen molar-refractivity contribution in [3.63, 3.8) is 0 Å². The minimum atomic E-state index is -4.75. The number of sulfonamides is 1. The lowest BCUT2D eigenvalue weighted by atomic mass is 10.1. The van der Waals surface area contributed by atoms with Crippen LogP contribution in [0.1, 0.15) is 11.1 Å². The number of halogens is 4. The van der Waals surface area contributed by atoms with E-state index < -0.39 is 27.4 Å². The van der Waals surface area contributed by atoms with Crippen LogP contribution in [-0.4, -0.2) is 20.3 Å². The van der Waals surface area contributed by atoms with Crippen LogP contribution in [-0.2, 0) is 16.2 Å². The third kappa shape index (κ3) is 4.32. The van der Waals surface area contributed by atoms with E-state index in [1.807, 2.05) is 6.92 Å². The normalized spacial score (nSPS) is 12.3. The Hall–Kier alpha value is -2.33. The molecule has 0 saturated carbocycles. The van der Waals surface area contributed by atoms with Crippen molar-refractivity contribution in [1.82, 2.24) is 0 Å². The van der Waals surface area contributed by atoms with E-state index in [0.717, 1.165) is 22.0 Å². The third-order valence-electron chi connectivity index (χ3n) is 4.22. The van der Waals surface area contributed by atoms with Gasteiger partial charge in [0.05, 0.1) is 16.1 Å². The molecule has 0 radical (unpaired) electrons. The molecule has 0 N–H and O–H groups in total. The molecule has 0 unspecified atom stereocenters. The van der Waals surface area contributed by atoms with Gasteiger partial charge in [0.2, 0.25) is 0 Å². The summed E-state index contributed by atoms with van der Waals surface area (Å²) in [5, 5.41) is -0.0461. The molecule has 154 valence electrons. The minimum absolute atomic E-state index is 0.0188. The van der Waals surface area contributed by atoms with Gasteiger partial charge in [-0.1, -0.05) is 33.6 Å². The van der Waals surface area contributed by atoms with Crippen molar-refractivity contribution in [2.45, 2.75) is 18.0 Å². The number of hydrogen-bond acceptors (Lipinski definition) is 4. The van der Waals surface area contributed by atoms with E-state index in [4.69, 9.17) is 4.42 Å². The van der Waals surface area contributed by atoms with Crippen molar-refractivity contribution in [2.24, 2.45) is 0 Å². The number of nitrogens with zero attached hydrogens (tertiary/aromatic N) is 1. The molecule has 3 rings (SSSR count). The molecular weight excluding hydrogens is 475 g/mol. The van der Waals surface area contributed by atoms with Gasteiger partial charge in [0, 0.05) is 29.4 Å². The highest BCUT2D eigenvalue weighted by atomic mass is 79.9. The van der Waals surface area contributed by atoms with Gasteiger partial charge in [0.1, 0.15) is 5.58 Å². The molecule has 0 aliphatic carbocycles. The second-order valence-electron chi connectivity index (χ2n) is 6.24. The van der Waals surface area contributed by atoms with Crippen LogP contribution >= 0.6 is 15.9 Å². The largest absolute Gasteiger partial charge is 0.423 e. The van der Waals surface area contributed by atoms with Crippen molar-refractivity contribution in [3.8, 4) is 0 Å². The van der Waals surface area contributed by atoms with Crippen molar-refractivity contribution >= 4 is 42.6 Å². The Balaban J connectivity index is 2.18. The quantitative estimate of drug-likeness (QED) is 0.384. The van der Waals surface area contributed by atoms with E-state index in [2.05, 4.69) is 15.9 Å². The molecular formula is C19H15BrF3NO4S. The van der Waals surface area contributed by atoms with Crippen LogP contribution in [0.25, 0.3) is 11.0 Å². The standard InChI is InChI=1S/C19H15BrF3NO4S/c1-12-2-5-14(6-3-12)29(26,27)24(9-8-20)13-4-7-15-16(19(21,22)23)11-18(25)28-17(15)10-13/h2-7,10-11H,8-9H2,1H3. The summed E-state index contributed by atoms with van der Waals surface area (Å²) in [5.74, 6) is 0. The monoisotopic (exact) mass is 489 g/mol. The number of alkyl halides is 4. The summed E-state index contributed by atoms with van der Waals surface area (Å²) in [4.78, 5) is 11.6. The fourth-order valence-corrected chi connectivity index (χ4v) is 4.89. The van der Waals surface area contributed by atoms with Gasteiger partial charge in [0.15, 0.2) is 0 Å². The van der Waals surface area contributed by atoms with Gasteiger partial charge in [-0.05, 0) is 31.2 Å². The number of anilines is 1. The van der Waals surface area contributed by atoms with Crippen molar-refractivity contribution in [1.29, 1.82) is 0 Å². The first-order valence-corrected chi connectivity index (χ1v) is 10.9. The van der Waals surface area contributed by atoms with E-state index in [0.29, 0.717) is 6.07 Å². The zero-order valence-corrected chi connectivity index (χ0v) is 17.4. The van der Waals surface area contributed by atoms with Crippen LogP contribution < -0.4 is 9.93 Å².